The highest BCUT2D eigenvalue weighted by molar-refractivity contribution is 7.21. The summed E-state index contributed by atoms with van der Waals surface area (Å²) >= 11 is 1.69. The molecule has 1 aromatic heterocycles. The minimum absolute atomic E-state index is 0.163. The average molecular weight is 408 g/mol. The van der Waals surface area contributed by atoms with E-state index >= 15 is 0 Å². The molecule has 0 aliphatic carbocycles. The van der Waals surface area contributed by atoms with Crippen LogP contribution in [0.5, 0.6) is 5.75 Å². The van der Waals surface area contributed by atoms with Gasteiger partial charge in [0.2, 0.25) is 5.91 Å². The molecule has 0 saturated carbocycles. The minimum Gasteiger partial charge on any atom is -0.496 e. The van der Waals surface area contributed by atoms with E-state index < -0.39 is 0 Å². The first kappa shape index (κ1) is 18.6. The number of amides is 1. The average Bonchev–Trinajstić information content (AvgIpc) is 3.35. The molecule has 0 spiro atoms. The predicted octanol–water partition coefficient (Wildman–Crippen LogP) is 3.88. The van der Waals surface area contributed by atoms with Gasteiger partial charge in [0.25, 0.3) is 0 Å². The van der Waals surface area contributed by atoms with Crippen LogP contribution >= 0.6 is 11.3 Å². The van der Waals surface area contributed by atoms with Crippen molar-refractivity contribution in [3.8, 4) is 16.3 Å². The fourth-order valence-corrected chi connectivity index (χ4v) is 5.67. The Balaban J connectivity index is 1.40. The maximum atomic E-state index is 12.5. The highest BCUT2D eigenvalue weighted by Crippen LogP contribution is 2.37. The number of aromatic nitrogens is 1. The van der Waals surface area contributed by atoms with Crippen LogP contribution in [0.3, 0.4) is 0 Å². The summed E-state index contributed by atoms with van der Waals surface area (Å²) in [6.07, 6.45) is 1.11. The van der Waals surface area contributed by atoms with Crippen molar-refractivity contribution >= 4 is 27.5 Å². The van der Waals surface area contributed by atoms with Gasteiger partial charge in [-0.3, -0.25) is 9.69 Å². The number of methoxy groups -OCH3 is 1. The summed E-state index contributed by atoms with van der Waals surface area (Å²) < 4.78 is 6.81. The normalized spacial score (nSPS) is 22.3. The molecule has 2 atom stereocenters. The van der Waals surface area contributed by atoms with Gasteiger partial charge in [0.15, 0.2) is 0 Å². The molecule has 0 bridgehead atoms. The maximum absolute atomic E-state index is 12.5. The fraction of sp³-hybridized carbons (Fsp3) is 0.391. The van der Waals surface area contributed by atoms with Gasteiger partial charge in [0.05, 0.1) is 28.8 Å². The molecule has 2 saturated heterocycles. The zero-order chi connectivity index (χ0) is 20.0. The van der Waals surface area contributed by atoms with Gasteiger partial charge in [0.1, 0.15) is 10.8 Å². The highest BCUT2D eigenvalue weighted by Gasteiger charge is 2.41. The number of piperidine rings is 1. The van der Waals surface area contributed by atoms with Crippen molar-refractivity contribution in [2.24, 2.45) is 11.8 Å². The molecule has 0 unspecified atom stereocenters. The van der Waals surface area contributed by atoms with E-state index in [0.29, 0.717) is 11.8 Å². The smallest absolute Gasteiger partial charge is 0.227 e. The van der Waals surface area contributed by atoms with Crippen LogP contribution in [0.4, 0.5) is 0 Å². The molecule has 29 heavy (non-hydrogen) atoms. The molecule has 2 fully saturated rings. The van der Waals surface area contributed by atoms with E-state index in [-0.39, 0.29) is 5.92 Å². The molecule has 1 amide bonds. The molecule has 5 rings (SSSR count). The largest absolute Gasteiger partial charge is 0.496 e. The molecular formula is C23H25N3O2S. The van der Waals surface area contributed by atoms with Crippen LogP contribution in [0.15, 0.2) is 42.5 Å². The molecule has 2 aliphatic rings. The number of fused-ring (bicyclic) bond motifs is 2. The van der Waals surface area contributed by atoms with E-state index in [1.54, 1.807) is 18.4 Å². The summed E-state index contributed by atoms with van der Waals surface area (Å²) in [7, 11) is 3.63. The molecule has 6 heteroatoms. The predicted molar refractivity (Wildman–Crippen MR) is 116 cm³/mol. The van der Waals surface area contributed by atoms with E-state index in [0.717, 1.165) is 54.4 Å². The van der Waals surface area contributed by atoms with Crippen molar-refractivity contribution in [3.63, 3.8) is 0 Å². The van der Waals surface area contributed by atoms with E-state index in [1.807, 2.05) is 36.2 Å². The quantitative estimate of drug-likeness (QED) is 0.658. The lowest BCUT2D eigenvalue weighted by atomic mass is 9.88. The third kappa shape index (κ3) is 3.40. The van der Waals surface area contributed by atoms with Crippen LogP contribution in [-0.2, 0) is 11.3 Å². The van der Waals surface area contributed by atoms with Gasteiger partial charge in [-0.05, 0) is 42.2 Å². The number of likely N-dealkylation sites (tertiary alicyclic amines) is 2. The number of hydrogen-bond donors (Lipinski definition) is 0. The number of ether oxygens (including phenoxy) is 1. The Morgan fingerprint density at radius 2 is 2.07 bits per heavy atom. The molecule has 3 heterocycles. The zero-order valence-electron chi connectivity index (χ0n) is 16.8. The van der Waals surface area contributed by atoms with Crippen LogP contribution in [0.2, 0.25) is 0 Å². The number of carbonyl (C=O) groups excluding carboxylic acids is 1. The lowest BCUT2D eigenvalue weighted by Gasteiger charge is -2.30. The number of hydrogen-bond acceptors (Lipinski definition) is 5. The van der Waals surface area contributed by atoms with Gasteiger partial charge in [-0.25, -0.2) is 4.98 Å². The number of nitrogens with zero attached hydrogens (tertiary/aromatic N) is 3. The third-order valence-corrected chi connectivity index (χ3v) is 7.31. The second-order valence-corrected chi connectivity index (χ2v) is 9.16. The number of carbonyl (C=O) groups is 1. The second kappa shape index (κ2) is 7.43. The topological polar surface area (TPSA) is 45.7 Å². The van der Waals surface area contributed by atoms with E-state index in [2.05, 4.69) is 23.1 Å². The molecular weight excluding hydrogens is 382 g/mol. The van der Waals surface area contributed by atoms with Gasteiger partial charge in [-0.2, -0.15) is 0 Å². The third-order valence-electron chi connectivity index (χ3n) is 6.24. The summed E-state index contributed by atoms with van der Waals surface area (Å²) in [5.74, 6) is 1.82. The maximum Gasteiger partial charge on any atom is 0.227 e. The molecule has 0 N–H and O–H groups in total. The first-order chi connectivity index (χ1) is 14.1. The van der Waals surface area contributed by atoms with Crippen LogP contribution < -0.4 is 4.74 Å². The fourth-order valence-electron chi connectivity index (χ4n) is 4.68. The highest BCUT2D eigenvalue weighted by atomic mass is 32.1. The standard InChI is InChI=1S/C23H25N3O2S/c1-25-10-9-16-13-26(14-18(16)23(25)27)12-15-7-8-20(28-2)17(11-15)22-24-19-5-3-4-6-21(19)29-22/h3-8,11,16,18H,9-10,12-14H2,1-2H3/t16-,18+/m1/s1. The Labute approximate surface area is 174 Å². The number of para-hydroxylation sites is 1. The van der Waals surface area contributed by atoms with Crippen LogP contribution in [0.25, 0.3) is 20.8 Å². The van der Waals surface area contributed by atoms with E-state index in [1.165, 1.54) is 10.3 Å². The van der Waals surface area contributed by atoms with Crippen LogP contribution in [0.1, 0.15) is 12.0 Å². The Morgan fingerprint density at radius 3 is 2.90 bits per heavy atom. The summed E-state index contributed by atoms with van der Waals surface area (Å²) in [6.45, 7) is 3.60. The van der Waals surface area contributed by atoms with E-state index in [4.69, 9.17) is 9.72 Å². The SMILES string of the molecule is COc1ccc(CN2C[C@H]3CCN(C)C(=O)[C@H]3C2)cc1-c1nc2ccccc2s1. The molecule has 3 aromatic rings. The van der Waals surface area contributed by atoms with Crippen molar-refractivity contribution in [3.05, 3.63) is 48.0 Å². The molecule has 5 nitrogen and oxygen atoms in total. The van der Waals surface area contributed by atoms with Gasteiger partial charge in [-0.15, -0.1) is 11.3 Å². The second-order valence-electron chi connectivity index (χ2n) is 8.13. The van der Waals surface area contributed by atoms with Gasteiger partial charge < -0.3 is 9.64 Å². The lowest BCUT2D eigenvalue weighted by Crippen LogP contribution is -2.42. The summed E-state index contributed by atoms with van der Waals surface area (Å²) in [5.41, 5.74) is 3.30. The summed E-state index contributed by atoms with van der Waals surface area (Å²) in [5, 5.41) is 0.983. The number of benzene rings is 2. The first-order valence-corrected chi connectivity index (χ1v) is 10.9. The molecule has 2 aromatic carbocycles. The number of thiazole rings is 1. The Bertz CT molecular complexity index is 1030. The first-order valence-electron chi connectivity index (χ1n) is 10.1. The Kier molecular flexibility index (Phi) is 4.76. The van der Waals surface area contributed by atoms with E-state index in [9.17, 15) is 4.79 Å². The van der Waals surface area contributed by atoms with Crippen molar-refractivity contribution < 1.29 is 9.53 Å². The van der Waals surface area contributed by atoms with Gasteiger partial charge >= 0.3 is 0 Å². The van der Waals surface area contributed by atoms with Crippen molar-refractivity contribution in [1.82, 2.24) is 14.8 Å². The van der Waals surface area contributed by atoms with Gasteiger partial charge in [0, 0.05) is 33.2 Å². The summed E-state index contributed by atoms with van der Waals surface area (Å²) in [6, 6.07) is 14.6. The molecule has 150 valence electrons. The molecule has 0 radical (unpaired) electrons. The lowest BCUT2D eigenvalue weighted by molar-refractivity contribution is -0.137. The molecule has 2 aliphatic heterocycles. The Morgan fingerprint density at radius 1 is 1.21 bits per heavy atom. The zero-order valence-corrected chi connectivity index (χ0v) is 17.6. The van der Waals surface area contributed by atoms with Crippen molar-refractivity contribution in [2.45, 2.75) is 13.0 Å². The minimum atomic E-state index is 0.163. The Hall–Kier alpha value is -2.44. The van der Waals surface area contributed by atoms with Crippen LogP contribution in [-0.4, -0.2) is 54.5 Å². The van der Waals surface area contributed by atoms with Gasteiger partial charge in [-0.1, -0.05) is 18.2 Å². The summed E-state index contributed by atoms with van der Waals surface area (Å²) in [4.78, 5) is 21.6. The van der Waals surface area contributed by atoms with Crippen molar-refractivity contribution in [2.75, 3.05) is 33.8 Å². The number of rotatable bonds is 4. The monoisotopic (exact) mass is 407 g/mol. The van der Waals surface area contributed by atoms with Crippen LogP contribution in [0, 0.1) is 11.8 Å². The van der Waals surface area contributed by atoms with Crippen molar-refractivity contribution in [1.29, 1.82) is 0 Å².